The Kier molecular flexibility index (Phi) is 7.05. The fourth-order valence-corrected chi connectivity index (χ4v) is 3.46. The second kappa shape index (κ2) is 8.07. The van der Waals surface area contributed by atoms with Gasteiger partial charge >= 0.3 is 0 Å². The summed E-state index contributed by atoms with van der Waals surface area (Å²) in [5.74, 6) is -0.0198. The number of hydrogen-bond acceptors (Lipinski definition) is 4. The first kappa shape index (κ1) is 18.3. The molecule has 0 spiro atoms. The Morgan fingerprint density at radius 2 is 1.76 bits per heavy atom. The van der Waals surface area contributed by atoms with Crippen LogP contribution < -0.4 is 5.32 Å². The van der Waals surface area contributed by atoms with Crippen molar-refractivity contribution in [2.24, 2.45) is 5.92 Å². The third-order valence-electron chi connectivity index (χ3n) is 3.69. The van der Waals surface area contributed by atoms with Crippen molar-refractivity contribution in [1.29, 1.82) is 0 Å². The normalized spacial score (nSPS) is 18.4. The molecule has 8 heteroatoms. The van der Waals surface area contributed by atoms with Crippen molar-refractivity contribution in [1.82, 2.24) is 18.8 Å². The lowest BCUT2D eigenvalue weighted by Crippen LogP contribution is -2.46. The topological polar surface area (TPSA) is 73.0 Å². The summed E-state index contributed by atoms with van der Waals surface area (Å²) >= 11 is 0. The number of amides is 1. The van der Waals surface area contributed by atoms with Crippen molar-refractivity contribution in [2.45, 2.75) is 19.3 Å². The minimum Gasteiger partial charge on any atom is -0.356 e. The third-order valence-corrected chi connectivity index (χ3v) is 5.63. The minimum absolute atomic E-state index is 0.0515. The summed E-state index contributed by atoms with van der Waals surface area (Å²) in [6.45, 7) is 2.44. The van der Waals surface area contributed by atoms with Gasteiger partial charge in [-0.1, -0.05) is 0 Å². The fraction of sp³-hybridized carbons (Fsp3) is 0.923. The van der Waals surface area contributed by atoms with E-state index in [1.165, 1.54) is 22.7 Å². The second-order valence-electron chi connectivity index (χ2n) is 5.91. The van der Waals surface area contributed by atoms with Crippen molar-refractivity contribution in [3.05, 3.63) is 0 Å². The van der Waals surface area contributed by atoms with Gasteiger partial charge in [0, 0.05) is 39.6 Å². The first-order chi connectivity index (χ1) is 9.75. The largest absolute Gasteiger partial charge is 0.356 e. The molecule has 0 bridgehead atoms. The molecule has 1 rings (SSSR count). The first-order valence-electron chi connectivity index (χ1n) is 7.35. The zero-order valence-electron chi connectivity index (χ0n) is 13.5. The van der Waals surface area contributed by atoms with Crippen LogP contribution in [0.15, 0.2) is 0 Å². The minimum atomic E-state index is -3.35. The Hall–Kier alpha value is -0.700. The molecule has 0 aliphatic carbocycles. The number of piperidine rings is 1. The van der Waals surface area contributed by atoms with Crippen LogP contribution in [0.2, 0.25) is 0 Å². The fourth-order valence-electron chi connectivity index (χ4n) is 2.33. The van der Waals surface area contributed by atoms with Crippen LogP contribution in [0.4, 0.5) is 0 Å². The molecule has 124 valence electrons. The molecule has 0 saturated carbocycles. The summed E-state index contributed by atoms with van der Waals surface area (Å²) in [4.78, 5) is 14.1. The molecule has 0 aromatic rings. The van der Waals surface area contributed by atoms with E-state index in [2.05, 4.69) is 10.2 Å². The molecule has 0 aromatic carbocycles. The molecule has 0 unspecified atom stereocenters. The molecule has 0 atom stereocenters. The molecular weight excluding hydrogens is 292 g/mol. The Morgan fingerprint density at radius 1 is 1.19 bits per heavy atom. The van der Waals surface area contributed by atoms with Crippen molar-refractivity contribution < 1.29 is 13.2 Å². The number of hydrogen-bond donors (Lipinski definition) is 1. The summed E-state index contributed by atoms with van der Waals surface area (Å²) in [5.41, 5.74) is 0. The molecule has 1 N–H and O–H groups in total. The zero-order chi connectivity index (χ0) is 16.0. The van der Waals surface area contributed by atoms with Crippen LogP contribution in [-0.2, 0) is 15.0 Å². The molecule has 1 aliphatic rings. The van der Waals surface area contributed by atoms with Crippen LogP contribution in [-0.4, -0.2) is 82.2 Å². The number of carbonyl (C=O) groups is 1. The predicted octanol–water partition coefficient (Wildman–Crippen LogP) is -0.427. The van der Waals surface area contributed by atoms with Gasteiger partial charge in [0.2, 0.25) is 5.91 Å². The third kappa shape index (κ3) is 5.54. The average molecular weight is 320 g/mol. The SMILES string of the molecule is CN(C)CCCNC(=O)C1CCN(S(=O)(=O)N(C)C)CC1. The van der Waals surface area contributed by atoms with Gasteiger partial charge in [-0.25, -0.2) is 0 Å². The van der Waals surface area contributed by atoms with Crippen LogP contribution in [0.25, 0.3) is 0 Å². The van der Waals surface area contributed by atoms with Crippen LogP contribution in [0.1, 0.15) is 19.3 Å². The highest BCUT2D eigenvalue weighted by atomic mass is 32.2. The number of rotatable bonds is 7. The van der Waals surface area contributed by atoms with Crippen LogP contribution in [0.5, 0.6) is 0 Å². The molecule has 0 aromatic heterocycles. The highest BCUT2D eigenvalue weighted by Gasteiger charge is 2.31. The maximum atomic E-state index is 12.0. The summed E-state index contributed by atoms with van der Waals surface area (Å²) < 4.78 is 26.6. The van der Waals surface area contributed by atoms with E-state index in [4.69, 9.17) is 0 Å². The van der Waals surface area contributed by atoms with Gasteiger partial charge in [0.05, 0.1) is 0 Å². The van der Waals surface area contributed by atoms with Crippen LogP contribution >= 0.6 is 0 Å². The molecule has 1 saturated heterocycles. The molecule has 1 fully saturated rings. The van der Waals surface area contributed by atoms with Crippen LogP contribution in [0.3, 0.4) is 0 Å². The Balaban J connectivity index is 2.34. The van der Waals surface area contributed by atoms with Gasteiger partial charge in [0.1, 0.15) is 0 Å². The predicted molar refractivity (Wildman–Crippen MR) is 83.1 cm³/mol. The lowest BCUT2D eigenvalue weighted by Gasteiger charge is -2.32. The van der Waals surface area contributed by atoms with Gasteiger partial charge in [-0.15, -0.1) is 0 Å². The summed E-state index contributed by atoms with van der Waals surface area (Å²) in [6, 6.07) is 0. The van der Waals surface area contributed by atoms with Crippen molar-refractivity contribution in [2.75, 3.05) is 54.4 Å². The van der Waals surface area contributed by atoms with Crippen LogP contribution in [0, 0.1) is 5.92 Å². The molecule has 1 heterocycles. The highest BCUT2D eigenvalue weighted by Crippen LogP contribution is 2.20. The van der Waals surface area contributed by atoms with Gasteiger partial charge in [0.25, 0.3) is 10.2 Å². The van der Waals surface area contributed by atoms with E-state index in [1.54, 1.807) is 0 Å². The summed E-state index contributed by atoms with van der Waals surface area (Å²) in [7, 11) is 3.71. The maximum absolute atomic E-state index is 12.0. The monoisotopic (exact) mass is 320 g/mol. The first-order valence-corrected chi connectivity index (χ1v) is 8.75. The molecule has 21 heavy (non-hydrogen) atoms. The lowest BCUT2D eigenvalue weighted by molar-refractivity contribution is -0.126. The number of carbonyl (C=O) groups excluding carboxylic acids is 1. The van der Waals surface area contributed by atoms with E-state index in [1.807, 2.05) is 14.1 Å². The van der Waals surface area contributed by atoms with Crippen molar-refractivity contribution >= 4 is 16.1 Å². The van der Waals surface area contributed by atoms with Crippen molar-refractivity contribution in [3.8, 4) is 0 Å². The average Bonchev–Trinajstić information content (AvgIpc) is 2.43. The Labute approximate surface area is 128 Å². The van der Waals surface area contributed by atoms with E-state index in [0.29, 0.717) is 32.5 Å². The summed E-state index contributed by atoms with van der Waals surface area (Å²) in [5, 5.41) is 2.94. The zero-order valence-corrected chi connectivity index (χ0v) is 14.3. The Bertz CT molecular complexity index is 429. The molecule has 1 aliphatic heterocycles. The van der Waals surface area contributed by atoms with Gasteiger partial charge < -0.3 is 10.2 Å². The van der Waals surface area contributed by atoms with E-state index in [0.717, 1.165) is 13.0 Å². The molecule has 1 amide bonds. The maximum Gasteiger partial charge on any atom is 0.281 e. The van der Waals surface area contributed by atoms with Gasteiger partial charge in [0.15, 0.2) is 0 Å². The highest BCUT2D eigenvalue weighted by molar-refractivity contribution is 7.86. The van der Waals surface area contributed by atoms with E-state index in [-0.39, 0.29) is 11.8 Å². The van der Waals surface area contributed by atoms with Gasteiger partial charge in [-0.2, -0.15) is 17.0 Å². The molecular formula is C13H28N4O3S. The smallest absolute Gasteiger partial charge is 0.281 e. The van der Waals surface area contributed by atoms with E-state index in [9.17, 15) is 13.2 Å². The summed E-state index contributed by atoms with van der Waals surface area (Å²) in [6.07, 6.45) is 2.10. The number of nitrogens with zero attached hydrogens (tertiary/aromatic N) is 3. The number of nitrogens with one attached hydrogen (secondary N) is 1. The van der Waals surface area contributed by atoms with Gasteiger partial charge in [-0.3, -0.25) is 4.79 Å². The van der Waals surface area contributed by atoms with Gasteiger partial charge in [-0.05, 0) is 39.9 Å². The quantitative estimate of drug-likeness (QED) is 0.646. The van der Waals surface area contributed by atoms with E-state index >= 15 is 0 Å². The van der Waals surface area contributed by atoms with Crippen molar-refractivity contribution in [3.63, 3.8) is 0 Å². The Morgan fingerprint density at radius 3 is 2.24 bits per heavy atom. The lowest BCUT2D eigenvalue weighted by atomic mass is 9.97. The van der Waals surface area contributed by atoms with E-state index < -0.39 is 10.2 Å². The molecule has 0 radical (unpaired) electrons. The standard InChI is InChI=1S/C13H28N4O3S/c1-15(2)9-5-8-14-13(18)12-6-10-17(11-7-12)21(19,20)16(3)4/h12H,5-11H2,1-4H3,(H,14,18). The molecule has 7 nitrogen and oxygen atoms in total. The second-order valence-corrected chi connectivity index (χ2v) is 8.05.